The van der Waals surface area contributed by atoms with Crippen LogP contribution in [-0.4, -0.2) is 19.7 Å². The van der Waals surface area contributed by atoms with Gasteiger partial charge in [0.2, 0.25) is 5.88 Å². The largest absolute Gasteiger partial charge is 0.472 e. The fraction of sp³-hybridized carbons (Fsp3) is 0.118. The van der Waals surface area contributed by atoms with E-state index in [4.69, 9.17) is 4.74 Å². The van der Waals surface area contributed by atoms with Gasteiger partial charge in [-0.2, -0.15) is 0 Å². The number of pyridine rings is 1. The topological polar surface area (TPSA) is 56.3 Å². The second kappa shape index (κ2) is 6.70. The Morgan fingerprint density at radius 2 is 1.92 bits per heavy atom. The summed E-state index contributed by atoms with van der Waals surface area (Å²) in [5.74, 6) is -0.279. The molecule has 2 aromatic heterocycles. The Hall–Kier alpha value is -2.25. The van der Waals surface area contributed by atoms with E-state index in [0.29, 0.717) is 17.9 Å². The molecule has 0 aliphatic carbocycles. The molecule has 0 aliphatic heterocycles. The molecule has 124 valence electrons. The number of sulfone groups is 1. The Labute approximate surface area is 143 Å². The molecule has 0 atom stereocenters. The molecule has 0 fully saturated rings. The number of nitrogens with zero attached hydrogens (tertiary/aromatic N) is 1. The van der Waals surface area contributed by atoms with Crippen molar-refractivity contribution < 1.29 is 17.5 Å². The van der Waals surface area contributed by atoms with E-state index in [1.807, 2.05) is 17.5 Å². The molecule has 4 nitrogen and oxygen atoms in total. The van der Waals surface area contributed by atoms with Gasteiger partial charge in [-0.05, 0) is 23.6 Å². The van der Waals surface area contributed by atoms with Crippen molar-refractivity contribution in [3.8, 4) is 17.1 Å². The minimum atomic E-state index is -3.27. The number of hydrogen-bond acceptors (Lipinski definition) is 5. The highest BCUT2D eigenvalue weighted by Gasteiger charge is 2.10. The second-order valence-electron chi connectivity index (χ2n) is 5.17. The number of halogens is 1. The summed E-state index contributed by atoms with van der Waals surface area (Å²) < 4.78 is 42.4. The molecule has 0 spiro atoms. The summed E-state index contributed by atoms with van der Waals surface area (Å²) in [6.07, 6.45) is 1.14. The van der Waals surface area contributed by atoms with Crippen molar-refractivity contribution in [2.75, 3.05) is 6.26 Å². The maximum atomic E-state index is 13.8. The van der Waals surface area contributed by atoms with Crippen molar-refractivity contribution >= 4 is 21.2 Å². The van der Waals surface area contributed by atoms with E-state index in [-0.39, 0.29) is 10.8 Å². The van der Waals surface area contributed by atoms with Crippen LogP contribution < -0.4 is 4.74 Å². The molecule has 1 aromatic carbocycles. The second-order valence-corrected chi connectivity index (χ2v) is 8.22. The Bertz CT molecular complexity index is 936. The zero-order valence-corrected chi connectivity index (χ0v) is 14.4. The smallest absolute Gasteiger partial charge is 0.217 e. The zero-order chi connectivity index (χ0) is 17.2. The highest BCUT2D eigenvalue weighted by atomic mass is 32.2. The van der Waals surface area contributed by atoms with Crippen molar-refractivity contribution in [2.24, 2.45) is 0 Å². The van der Waals surface area contributed by atoms with E-state index in [2.05, 4.69) is 4.98 Å². The summed E-state index contributed by atoms with van der Waals surface area (Å²) >= 11 is 1.55. The van der Waals surface area contributed by atoms with E-state index in [9.17, 15) is 12.8 Å². The summed E-state index contributed by atoms with van der Waals surface area (Å²) in [4.78, 5) is 5.51. The standard InChI is InChI=1S/C17H14FNO3S2/c1-24(20,21)15-6-4-12(5-7-15)16-9-13(18)10-17(19-16)22-11-14-3-2-8-23-14/h2-10H,11H2,1H3. The lowest BCUT2D eigenvalue weighted by atomic mass is 10.1. The molecule has 0 N–H and O–H groups in total. The zero-order valence-electron chi connectivity index (χ0n) is 12.8. The highest BCUT2D eigenvalue weighted by Crippen LogP contribution is 2.24. The SMILES string of the molecule is CS(=O)(=O)c1ccc(-c2cc(F)cc(OCc3cccs3)n2)cc1. The highest BCUT2D eigenvalue weighted by molar-refractivity contribution is 7.90. The molecule has 3 rings (SSSR count). The summed E-state index contributed by atoms with van der Waals surface area (Å²) in [7, 11) is -3.27. The molecule has 3 aromatic rings. The number of benzene rings is 1. The van der Waals surface area contributed by atoms with Crippen LogP contribution in [0.4, 0.5) is 4.39 Å². The van der Waals surface area contributed by atoms with Gasteiger partial charge in [-0.15, -0.1) is 11.3 Å². The van der Waals surface area contributed by atoms with Gasteiger partial charge in [-0.3, -0.25) is 0 Å². The third-order valence-corrected chi connectivity index (χ3v) is 5.27. The van der Waals surface area contributed by atoms with E-state index in [0.717, 1.165) is 11.1 Å². The van der Waals surface area contributed by atoms with Gasteiger partial charge in [0, 0.05) is 28.8 Å². The van der Waals surface area contributed by atoms with Crippen LogP contribution in [-0.2, 0) is 16.4 Å². The quantitative estimate of drug-likeness (QED) is 0.689. The Morgan fingerprint density at radius 1 is 1.17 bits per heavy atom. The van der Waals surface area contributed by atoms with Crippen molar-refractivity contribution in [1.82, 2.24) is 4.98 Å². The van der Waals surface area contributed by atoms with Gasteiger partial charge in [0.25, 0.3) is 0 Å². The summed E-state index contributed by atoms with van der Waals surface area (Å²) in [5.41, 5.74) is 0.999. The number of rotatable bonds is 5. The number of thiophene rings is 1. The van der Waals surface area contributed by atoms with Crippen molar-refractivity contribution in [1.29, 1.82) is 0 Å². The molecule has 0 amide bonds. The van der Waals surface area contributed by atoms with Crippen LogP contribution in [0.1, 0.15) is 4.88 Å². The Balaban J connectivity index is 1.85. The van der Waals surface area contributed by atoms with E-state index in [1.54, 1.807) is 23.5 Å². The first-order chi connectivity index (χ1) is 11.4. The molecule has 7 heteroatoms. The predicted molar refractivity (Wildman–Crippen MR) is 91.4 cm³/mol. The molecule has 0 saturated heterocycles. The maximum Gasteiger partial charge on any atom is 0.217 e. The van der Waals surface area contributed by atoms with Crippen LogP contribution in [0.3, 0.4) is 0 Å². The van der Waals surface area contributed by atoms with Crippen LogP contribution in [0.25, 0.3) is 11.3 Å². The third-order valence-electron chi connectivity index (χ3n) is 3.29. The molecular weight excluding hydrogens is 349 g/mol. The number of aromatic nitrogens is 1. The van der Waals surface area contributed by atoms with Crippen LogP contribution in [0.2, 0.25) is 0 Å². The number of ether oxygens (including phenoxy) is 1. The van der Waals surface area contributed by atoms with Gasteiger partial charge in [-0.1, -0.05) is 18.2 Å². The van der Waals surface area contributed by atoms with E-state index >= 15 is 0 Å². The lowest BCUT2D eigenvalue weighted by molar-refractivity contribution is 0.296. The van der Waals surface area contributed by atoms with Crippen LogP contribution in [0, 0.1) is 5.82 Å². The number of hydrogen-bond donors (Lipinski definition) is 0. The van der Waals surface area contributed by atoms with Crippen molar-refractivity contribution in [3.05, 3.63) is 64.6 Å². The first kappa shape index (κ1) is 16.6. The minimum absolute atomic E-state index is 0.186. The average molecular weight is 363 g/mol. The lowest BCUT2D eigenvalue weighted by Crippen LogP contribution is -1.98. The Morgan fingerprint density at radius 3 is 2.54 bits per heavy atom. The molecule has 0 saturated carbocycles. The van der Waals surface area contributed by atoms with Crippen LogP contribution in [0.5, 0.6) is 5.88 Å². The van der Waals surface area contributed by atoms with Gasteiger partial charge in [-0.25, -0.2) is 17.8 Å². The van der Waals surface area contributed by atoms with Gasteiger partial charge >= 0.3 is 0 Å². The van der Waals surface area contributed by atoms with Crippen LogP contribution in [0.15, 0.2) is 58.8 Å². The maximum absolute atomic E-state index is 13.8. The lowest BCUT2D eigenvalue weighted by Gasteiger charge is -2.07. The van der Waals surface area contributed by atoms with Gasteiger partial charge in [0.1, 0.15) is 12.4 Å². The molecule has 0 bridgehead atoms. The third kappa shape index (κ3) is 3.98. The average Bonchev–Trinajstić information content (AvgIpc) is 3.05. The van der Waals surface area contributed by atoms with Crippen LogP contribution >= 0.6 is 11.3 Å². The van der Waals surface area contributed by atoms with Gasteiger partial charge in [0.05, 0.1) is 10.6 Å². The predicted octanol–water partition coefficient (Wildman–Crippen LogP) is 3.93. The molecule has 0 radical (unpaired) electrons. The first-order valence-corrected chi connectivity index (χ1v) is 9.82. The molecule has 24 heavy (non-hydrogen) atoms. The van der Waals surface area contributed by atoms with Gasteiger partial charge < -0.3 is 4.74 Å². The molecule has 0 aliphatic rings. The van der Waals surface area contributed by atoms with Crippen molar-refractivity contribution in [2.45, 2.75) is 11.5 Å². The van der Waals surface area contributed by atoms with E-state index in [1.165, 1.54) is 24.3 Å². The summed E-state index contributed by atoms with van der Waals surface area (Å²) in [5, 5.41) is 1.94. The summed E-state index contributed by atoms with van der Waals surface area (Å²) in [6, 6.07) is 12.5. The molecule has 2 heterocycles. The molecular formula is C17H14FNO3S2. The fourth-order valence-corrected chi connectivity index (χ4v) is 3.35. The summed E-state index contributed by atoms with van der Waals surface area (Å²) in [6.45, 7) is 0.320. The monoisotopic (exact) mass is 363 g/mol. The first-order valence-electron chi connectivity index (χ1n) is 7.05. The Kier molecular flexibility index (Phi) is 4.64. The fourth-order valence-electron chi connectivity index (χ4n) is 2.11. The minimum Gasteiger partial charge on any atom is -0.472 e. The normalized spacial score (nSPS) is 11.4. The van der Waals surface area contributed by atoms with E-state index < -0.39 is 15.7 Å². The molecule has 0 unspecified atom stereocenters. The van der Waals surface area contributed by atoms with Crippen molar-refractivity contribution in [3.63, 3.8) is 0 Å². The van der Waals surface area contributed by atoms with Gasteiger partial charge in [0.15, 0.2) is 9.84 Å².